The first-order valence-corrected chi connectivity index (χ1v) is 6.77. The first-order chi connectivity index (χ1) is 8.80. The van der Waals surface area contributed by atoms with Gasteiger partial charge in [0.05, 0.1) is 0 Å². The fraction of sp³-hybridized carbons (Fsp3) is 0.600. The number of carboxylic acid groups (broad SMARTS) is 1. The van der Waals surface area contributed by atoms with Crippen molar-refractivity contribution in [1.82, 2.24) is 4.57 Å². The third kappa shape index (κ3) is 3.06. The van der Waals surface area contributed by atoms with E-state index >= 15 is 0 Å². The molecule has 1 saturated carbocycles. The van der Waals surface area contributed by atoms with E-state index in [4.69, 9.17) is 5.11 Å². The van der Waals surface area contributed by atoms with E-state index in [1.165, 1.54) is 0 Å². The molecule has 0 atom stereocenters. The first-order valence-electron chi connectivity index (χ1n) is 6.77. The Balaban J connectivity index is 2.43. The molecule has 1 aliphatic rings. The van der Waals surface area contributed by atoms with Crippen LogP contribution in [0, 0.1) is 0 Å². The van der Waals surface area contributed by atoms with E-state index in [-0.39, 0.29) is 17.4 Å². The molecule has 0 radical (unpaired) electrons. The Hall–Kier alpha value is -1.58. The van der Waals surface area contributed by atoms with Gasteiger partial charge in [-0.1, -0.05) is 26.8 Å². The third-order valence-electron chi connectivity index (χ3n) is 3.48. The zero-order valence-corrected chi connectivity index (χ0v) is 11.8. The maximum atomic E-state index is 12.5. The molecule has 0 spiro atoms. The molecule has 0 aliphatic heterocycles. The third-order valence-corrected chi connectivity index (χ3v) is 3.48. The fourth-order valence-corrected chi connectivity index (χ4v) is 2.33. The topological polar surface area (TPSA) is 59.3 Å². The number of hydrogen-bond acceptors (Lipinski definition) is 2. The molecule has 4 heteroatoms. The van der Waals surface area contributed by atoms with Gasteiger partial charge in [-0.25, -0.2) is 0 Å². The smallest absolute Gasteiger partial charge is 0.303 e. The van der Waals surface area contributed by atoms with Crippen molar-refractivity contribution in [1.29, 1.82) is 0 Å². The van der Waals surface area contributed by atoms with Gasteiger partial charge < -0.3 is 9.67 Å². The van der Waals surface area contributed by atoms with Crippen LogP contribution in [0.3, 0.4) is 0 Å². The zero-order chi connectivity index (χ0) is 14.2. The van der Waals surface area contributed by atoms with Crippen LogP contribution >= 0.6 is 0 Å². The van der Waals surface area contributed by atoms with Gasteiger partial charge in [-0.05, 0) is 25.3 Å². The number of aryl methyl sites for hydroxylation is 1. The molecule has 2 rings (SSSR count). The summed E-state index contributed by atoms with van der Waals surface area (Å²) in [7, 11) is 0. The van der Waals surface area contributed by atoms with Crippen molar-refractivity contribution in [2.45, 2.75) is 57.9 Å². The van der Waals surface area contributed by atoms with E-state index in [1.807, 2.05) is 10.6 Å². The first kappa shape index (κ1) is 13.8. The van der Waals surface area contributed by atoms with Crippen LogP contribution in [-0.2, 0) is 16.6 Å². The van der Waals surface area contributed by atoms with Crippen LogP contribution in [0.5, 0.6) is 0 Å². The van der Waals surface area contributed by atoms with Crippen LogP contribution in [0.15, 0.2) is 16.9 Å². The number of hydrogen-bond donors (Lipinski definition) is 1. The molecule has 0 amide bonds. The molecule has 4 nitrogen and oxygen atoms in total. The molecule has 0 saturated heterocycles. The summed E-state index contributed by atoms with van der Waals surface area (Å²) in [6, 6.07) is 4.09. The Morgan fingerprint density at radius 3 is 2.47 bits per heavy atom. The largest absolute Gasteiger partial charge is 0.481 e. The molecule has 0 bridgehead atoms. The molecule has 0 aromatic carbocycles. The monoisotopic (exact) mass is 263 g/mol. The SMILES string of the molecule is CC(C)(C)c1ccc(CCC(=O)O)c(=O)n1C1CC1. The molecular weight excluding hydrogens is 242 g/mol. The predicted octanol–water partition coefficient (Wildman–Crippen LogP) is 2.50. The molecule has 1 fully saturated rings. The lowest BCUT2D eigenvalue weighted by atomic mass is 9.90. The second-order valence-electron chi connectivity index (χ2n) is 6.29. The van der Waals surface area contributed by atoms with Gasteiger partial charge in [0, 0.05) is 29.1 Å². The highest BCUT2D eigenvalue weighted by Crippen LogP contribution is 2.37. The van der Waals surface area contributed by atoms with Gasteiger partial charge in [0.25, 0.3) is 5.56 Å². The van der Waals surface area contributed by atoms with E-state index in [0.717, 1.165) is 18.5 Å². The van der Waals surface area contributed by atoms with E-state index in [1.54, 1.807) is 6.07 Å². The van der Waals surface area contributed by atoms with Gasteiger partial charge in [0.15, 0.2) is 0 Å². The number of carboxylic acids is 1. The number of aliphatic carboxylic acids is 1. The van der Waals surface area contributed by atoms with Crippen LogP contribution < -0.4 is 5.56 Å². The number of nitrogens with zero attached hydrogens (tertiary/aromatic N) is 1. The number of pyridine rings is 1. The highest BCUT2D eigenvalue weighted by Gasteiger charge is 2.30. The van der Waals surface area contributed by atoms with Crippen molar-refractivity contribution in [3.05, 3.63) is 33.7 Å². The van der Waals surface area contributed by atoms with Gasteiger partial charge in [-0.3, -0.25) is 9.59 Å². The second kappa shape index (κ2) is 4.83. The Labute approximate surface area is 113 Å². The quantitative estimate of drug-likeness (QED) is 0.908. The van der Waals surface area contributed by atoms with E-state index in [0.29, 0.717) is 18.0 Å². The summed E-state index contributed by atoms with van der Waals surface area (Å²) < 4.78 is 1.89. The van der Waals surface area contributed by atoms with Gasteiger partial charge in [0.2, 0.25) is 0 Å². The van der Waals surface area contributed by atoms with E-state index in [9.17, 15) is 9.59 Å². The van der Waals surface area contributed by atoms with Gasteiger partial charge in [0.1, 0.15) is 0 Å². The fourth-order valence-electron chi connectivity index (χ4n) is 2.33. The summed E-state index contributed by atoms with van der Waals surface area (Å²) in [5, 5.41) is 8.73. The number of aromatic nitrogens is 1. The van der Waals surface area contributed by atoms with Crippen molar-refractivity contribution in [2.24, 2.45) is 0 Å². The highest BCUT2D eigenvalue weighted by atomic mass is 16.4. The minimum absolute atomic E-state index is 0.00354. The second-order valence-corrected chi connectivity index (χ2v) is 6.29. The lowest BCUT2D eigenvalue weighted by Gasteiger charge is -2.24. The summed E-state index contributed by atoms with van der Waals surface area (Å²) >= 11 is 0. The summed E-state index contributed by atoms with van der Waals surface area (Å²) in [4.78, 5) is 23.1. The van der Waals surface area contributed by atoms with E-state index in [2.05, 4.69) is 20.8 Å². The summed E-state index contributed by atoms with van der Waals surface area (Å²) in [6.07, 6.45) is 2.41. The standard InChI is InChI=1S/C15H21NO3/c1-15(2,3)12-8-4-10(5-9-13(17)18)14(19)16(12)11-6-7-11/h4,8,11H,5-7,9H2,1-3H3,(H,17,18). The van der Waals surface area contributed by atoms with E-state index < -0.39 is 5.97 Å². The Kier molecular flexibility index (Phi) is 3.52. The average molecular weight is 263 g/mol. The number of rotatable bonds is 4. The molecule has 1 aromatic rings. The van der Waals surface area contributed by atoms with Crippen LogP contribution in [0.4, 0.5) is 0 Å². The normalized spacial score (nSPS) is 15.5. The Bertz CT molecular complexity index is 547. The van der Waals surface area contributed by atoms with Crippen molar-refractivity contribution >= 4 is 5.97 Å². The molecule has 1 aliphatic carbocycles. The molecule has 1 heterocycles. The van der Waals surface area contributed by atoms with Crippen molar-refractivity contribution in [3.8, 4) is 0 Å². The number of carbonyl (C=O) groups is 1. The molecular formula is C15H21NO3. The molecule has 19 heavy (non-hydrogen) atoms. The predicted molar refractivity (Wildman–Crippen MR) is 73.6 cm³/mol. The zero-order valence-electron chi connectivity index (χ0n) is 11.8. The van der Waals surface area contributed by atoms with Crippen LogP contribution in [-0.4, -0.2) is 15.6 Å². The lowest BCUT2D eigenvalue weighted by Crippen LogP contribution is -2.31. The van der Waals surface area contributed by atoms with Crippen molar-refractivity contribution < 1.29 is 9.90 Å². The maximum Gasteiger partial charge on any atom is 0.303 e. The van der Waals surface area contributed by atoms with Crippen LogP contribution in [0.25, 0.3) is 0 Å². The van der Waals surface area contributed by atoms with Gasteiger partial charge in [-0.2, -0.15) is 0 Å². The minimum Gasteiger partial charge on any atom is -0.481 e. The Morgan fingerprint density at radius 1 is 1.37 bits per heavy atom. The Morgan fingerprint density at radius 2 is 2.00 bits per heavy atom. The highest BCUT2D eigenvalue weighted by molar-refractivity contribution is 5.67. The lowest BCUT2D eigenvalue weighted by molar-refractivity contribution is -0.136. The summed E-state index contributed by atoms with van der Waals surface area (Å²) in [6.45, 7) is 6.28. The molecule has 1 N–H and O–H groups in total. The molecule has 0 unspecified atom stereocenters. The van der Waals surface area contributed by atoms with Crippen molar-refractivity contribution in [3.63, 3.8) is 0 Å². The molecule has 1 aromatic heterocycles. The van der Waals surface area contributed by atoms with Crippen molar-refractivity contribution in [2.75, 3.05) is 0 Å². The van der Waals surface area contributed by atoms with Gasteiger partial charge >= 0.3 is 5.97 Å². The average Bonchev–Trinajstić information content (AvgIpc) is 3.09. The van der Waals surface area contributed by atoms with Crippen LogP contribution in [0.1, 0.15) is 57.3 Å². The summed E-state index contributed by atoms with van der Waals surface area (Å²) in [5.74, 6) is -0.864. The summed E-state index contributed by atoms with van der Waals surface area (Å²) in [5.41, 5.74) is 1.57. The van der Waals surface area contributed by atoms with Crippen LogP contribution in [0.2, 0.25) is 0 Å². The minimum atomic E-state index is -0.864. The van der Waals surface area contributed by atoms with Gasteiger partial charge in [-0.15, -0.1) is 0 Å². The maximum absolute atomic E-state index is 12.5. The molecule has 104 valence electrons.